The molecular formula is C15H28N2. The van der Waals surface area contributed by atoms with E-state index in [2.05, 4.69) is 17.1 Å². The van der Waals surface area contributed by atoms with Crippen LogP contribution in [0.2, 0.25) is 0 Å². The molecule has 3 fully saturated rings. The first-order valence-electron chi connectivity index (χ1n) is 7.73. The van der Waals surface area contributed by atoms with Crippen LogP contribution < -0.4 is 5.32 Å². The van der Waals surface area contributed by atoms with Crippen LogP contribution in [0.5, 0.6) is 0 Å². The number of hydrogen-bond acceptors (Lipinski definition) is 2. The standard InChI is InChI=1S/C15H28N2/c1-15(7-2-3-8-15)12-16-13-6-10-17-9-4-5-14(17)11-13/h13-14,16H,2-12H2,1H3. The van der Waals surface area contributed by atoms with Crippen LogP contribution >= 0.6 is 0 Å². The van der Waals surface area contributed by atoms with E-state index in [0.29, 0.717) is 5.41 Å². The monoisotopic (exact) mass is 236 g/mol. The first-order valence-corrected chi connectivity index (χ1v) is 7.73. The molecule has 0 spiro atoms. The summed E-state index contributed by atoms with van der Waals surface area (Å²) in [6.07, 6.45) is 11.5. The molecule has 2 heterocycles. The van der Waals surface area contributed by atoms with Crippen LogP contribution in [-0.4, -0.2) is 36.6 Å². The third-order valence-electron chi connectivity index (χ3n) is 5.45. The van der Waals surface area contributed by atoms with Gasteiger partial charge in [-0.2, -0.15) is 0 Å². The van der Waals surface area contributed by atoms with Crippen molar-refractivity contribution in [3.05, 3.63) is 0 Å². The lowest BCUT2D eigenvalue weighted by molar-refractivity contribution is 0.157. The second-order valence-electron chi connectivity index (χ2n) is 6.95. The Morgan fingerprint density at radius 1 is 1.12 bits per heavy atom. The van der Waals surface area contributed by atoms with Gasteiger partial charge in [-0.3, -0.25) is 0 Å². The molecule has 2 saturated heterocycles. The first-order chi connectivity index (χ1) is 8.25. The molecule has 0 aromatic rings. The van der Waals surface area contributed by atoms with E-state index >= 15 is 0 Å². The van der Waals surface area contributed by atoms with Crippen molar-refractivity contribution < 1.29 is 0 Å². The molecule has 2 aliphatic heterocycles. The molecule has 0 amide bonds. The first kappa shape index (κ1) is 12.0. The maximum Gasteiger partial charge on any atom is 0.0111 e. The van der Waals surface area contributed by atoms with Crippen molar-refractivity contribution in [1.29, 1.82) is 0 Å². The van der Waals surface area contributed by atoms with E-state index in [1.165, 1.54) is 71.0 Å². The summed E-state index contributed by atoms with van der Waals surface area (Å²) < 4.78 is 0. The second kappa shape index (κ2) is 4.89. The van der Waals surface area contributed by atoms with E-state index in [9.17, 15) is 0 Å². The molecule has 1 N–H and O–H groups in total. The van der Waals surface area contributed by atoms with Crippen LogP contribution in [0.25, 0.3) is 0 Å². The minimum absolute atomic E-state index is 0.618. The number of piperidine rings is 1. The van der Waals surface area contributed by atoms with Crippen LogP contribution in [0.3, 0.4) is 0 Å². The fourth-order valence-electron chi connectivity index (χ4n) is 4.21. The summed E-state index contributed by atoms with van der Waals surface area (Å²) in [6.45, 7) is 6.47. The predicted octanol–water partition coefficient (Wildman–Crippen LogP) is 2.78. The average molecular weight is 236 g/mol. The fraction of sp³-hybridized carbons (Fsp3) is 1.00. The van der Waals surface area contributed by atoms with E-state index < -0.39 is 0 Å². The topological polar surface area (TPSA) is 15.3 Å². The van der Waals surface area contributed by atoms with E-state index in [-0.39, 0.29) is 0 Å². The molecule has 1 aliphatic carbocycles. The molecule has 0 aromatic carbocycles. The highest BCUT2D eigenvalue weighted by molar-refractivity contribution is 4.91. The van der Waals surface area contributed by atoms with E-state index in [0.717, 1.165) is 12.1 Å². The minimum Gasteiger partial charge on any atom is -0.313 e. The maximum absolute atomic E-state index is 3.89. The van der Waals surface area contributed by atoms with E-state index in [1.54, 1.807) is 0 Å². The van der Waals surface area contributed by atoms with Gasteiger partial charge >= 0.3 is 0 Å². The molecule has 98 valence electrons. The third kappa shape index (κ3) is 2.68. The van der Waals surface area contributed by atoms with Gasteiger partial charge in [0, 0.05) is 18.6 Å². The highest BCUT2D eigenvalue weighted by Crippen LogP contribution is 2.37. The van der Waals surface area contributed by atoms with Crippen LogP contribution in [0, 0.1) is 5.41 Å². The molecule has 0 radical (unpaired) electrons. The normalized spacial score (nSPS) is 37.2. The Balaban J connectivity index is 1.46. The van der Waals surface area contributed by atoms with Crippen LogP contribution in [0.1, 0.15) is 58.3 Å². The third-order valence-corrected chi connectivity index (χ3v) is 5.45. The van der Waals surface area contributed by atoms with Gasteiger partial charge in [0.25, 0.3) is 0 Å². The average Bonchev–Trinajstić information content (AvgIpc) is 2.95. The second-order valence-corrected chi connectivity index (χ2v) is 6.95. The summed E-state index contributed by atoms with van der Waals surface area (Å²) in [5.74, 6) is 0. The summed E-state index contributed by atoms with van der Waals surface area (Å²) in [5, 5.41) is 3.89. The number of nitrogens with one attached hydrogen (secondary N) is 1. The SMILES string of the molecule is CC1(CNC2CCN3CCCC3C2)CCCC1. The van der Waals surface area contributed by atoms with Gasteiger partial charge in [0.15, 0.2) is 0 Å². The van der Waals surface area contributed by atoms with E-state index in [4.69, 9.17) is 0 Å². The molecule has 3 rings (SSSR count). The Morgan fingerprint density at radius 2 is 1.94 bits per heavy atom. The van der Waals surface area contributed by atoms with Crippen molar-refractivity contribution in [3.63, 3.8) is 0 Å². The van der Waals surface area contributed by atoms with Crippen LogP contribution in [-0.2, 0) is 0 Å². The zero-order valence-corrected chi connectivity index (χ0v) is 11.4. The Hall–Kier alpha value is -0.0800. The van der Waals surface area contributed by atoms with Gasteiger partial charge in [-0.25, -0.2) is 0 Å². The van der Waals surface area contributed by atoms with E-state index in [1.807, 2.05) is 0 Å². The van der Waals surface area contributed by atoms with Crippen molar-refractivity contribution >= 4 is 0 Å². The summed E-state index contributed by atoms with van der Waals surface area (Å²) in [7, 11) is 0. The molecule has 1 saturated carbocycles. The summed E-state index contributed by atoms with van der Waals surface area (Å²) in [4.78, 5) is 2.72. The van der Waals surface area contributed by atoms with Gasteiger partial charge in [-0.1, -0.05) is 19.8 Å². The zero-order chi connectivity index (χ0) is 11.7. The smallest absolute Gasteiger partial charge is 0.0111 e. The molecule has 2 nitrogen and oxygen atoms in total. The Bertz CT molecular complexity index is 258. The van der Waals surface area contributed by atoms with Crippen LogP contribution in [0.4, 0.5) is 0 Å². The fourth-order valence-corrected chi connectivity index (χ4v) is 4.21. The molecule has 3 aliphatic rings. The van der Waals surface area contributed by atoms with Crippen molar-refractivity contribution in [2.75, 3.05) is 19.6 Å². The number of hydrogen-bond donors (Lipinski definition) is 1. The van der Waals surface area contributed by atoms with Gasteiger partial charge in [0.2, 0.25) is 0 Å². The summed E-state index contributed by atoms with van der Waals surface area (Å²) in [5.41, 5.74) is 0.618. The maximum atomic E-state index is 3.89. The Labute approximate surface area is 106 Å². The lowest BCUT2D eigenvalue weighted by atomic mass is 9.88. The molecule has 2 unspecified atom stereocenters. The highest BCUT2D eigenvalue weighted by atomic mass is 15.2. The van der Waals surface area contributed by atoms with Crippen molar-refractivity contribution in [2.24, 2.45) is 5.41 Å². The van der Waals surface area contributed by atoms with Crippen molar-refractivity contribution in [3.8, 4) is 0 Å². The van der Waals surface area contributed by atoms with Crippen molar-refractivity contribution in [2.45, 2.75) is 70.4 Å². The van der Waals surface area contributed by atoms with Crippen molar-refractivity contribution in [1.82, 2.24) is 10.2 Å². The molecule has 2 heteroatoms. The zero-order valence-electron chi connectivity index (χ0n) is 11.4. The largest absolute Gasteiger partial charge is 0.313 e. The van der Waals surface area contributed by atoms with Crippen LogP contribution in [0.15, 0.2) is 0 Å². The van der Waals surface area contributed by atoms with Gasteiger partial charge in [-0.05, 0) is 57.0 Å². The molecular weight excluding hydrogens is 208 g/mol. The molecule has 17 heavy (non-hydrogen) atoms. The molecule has 2 atom stereocenters. The summed E-state index contributed by atoms with van der Waals surface area (Å²) in [6, 6.07) is 1.73. The van der Waals surface area contributed by atoms with Gasteiger partial charge < -0.3 is 10.2 Å². The minimum atomic E-state index is 0.618. The number of fused-ring (bicyclic) bond motifs is 1. The van der Waals surface area contributed by atoms with Gasteiger partial charge in [-0.15, -0.1) is 0 Å². The quantitative estimate of drug-likeness (QED) is 0.810. The molecule has 0 bridgehead atoms. The lowest BCUT2D eigenvalue weighted by Crippen LogP contribution is -2.47. The number of nitrogens with zero attached hydrogens (tertiary/aromatic N) is 1. The number of rotatable bonds is 3. The Kier molecular flexibility index (Phi) is 3.45. The predicted molar refractivity (Wildman–Crippen MR) is 72.2 cm³/mol. The Morgan fingerprint density at radius 3 is 2.76 bits per heavy atom. The van der Waals surface area contributed by atoms with Gasteiger partial charge in [0.05, 0.1) is 0 Å². The summed E-state index contributed by atoms with van der Waals surface area (Å²) >= 11 is 0. The molecule has 0 aromatic heterocycles. The highest BCUT2D eigenvalue weighted by Gasteiger charge is 2.33. The van der Waals surface area contributed by atoms with Gasteiger partial charge in [0.1, 0.15) is 0 Å². The lowest BCUT2D eigenvalue weighted by Gasteiger charge is -2.37.